The van der Waals surface area contributed by atoms with Crippen molar-refractivity contribution in [1.82, 2.24) is 14.8 Å². The first-order chi connectivity index (χ1) is 14.7. The lowest BCUT2D eigenvalue weighted by atomic mass is 10.0. The van der Waals surface area contributed by atoms with E-state index in [1.165, 1.54) is 0 Å². The third-order valence-corrected chi connectivity index (χ3v) is 5.69. The summed E-state index contributed by atoms with van der Waals surface area (Å²) in [5, 5.41) is 19.6. The summed E-state index contributed by atoms with van der Waals surface area (Å²) in [6, 6.07) is 25.6. The summed E-state index contributed by atoms with van der Waals surface area (Å²) in [4.78, 5) is 0. The smallest absolute Gasteiger partial charge is 0.222 e. The number of H-pyrrole nitrogens is 1. The van der Waals surface area contributed by atoms with Crippen LogP contribution in [0.4, 0.5) is 0 Å². The van der Waals surface area contributed by atoms with E-state index in [4.69, 9.17) is 4.74 Å². The zero-order valence-corrected chi connectivity index (χ0v) is 17.7. The zero-order chi connectivity index (χ0) is 20.7. The fraction of sp³-hybridized carbons (Fsp3) is 0.0417. The normalized spacial score (nSPS) is 11.1. The summed E-state index contributed by atoms with van der Waals surface area (Å²) >= 11 is 3.48. The lowest BCUT2D eigenvalue weighted by Gasteiger charge is -2.12. The average molecular weight is 460 g/mol. The Morgan fingerprint density at radius 2 is 1.60 bits per heavy atom. The monoisotopic (exact) mass is 459 g/mol. The highest BCUT2D eigenvalue weighted by atomic mass is 79.9. The second kappa shape index (κ2) is 7.39. The maximum atomic E-state index is 11.2. The van der Waals surface area contributed by atoms with Gasteiger partial charge in [-0.15, -0.1) is 0 Å². The number of hydrogen-bond donors (Lipinski definition) is 2. The van der Waals surface area contributed by atoms with Gasteiger partial charge in [0.25, 0.3) is 0 Å². The summed E-state index contributed by atoms with van der Waals surface area (Å²) in [5.41, 5.74) is 5.04. The van der Waals surface area contributed by atoms with Crippen LogP contribution in [-0.2, 0) is 0 Å². The van der Waals surface area contributed by atoms with Crippen molar-refractivity contribution >= 4 is 26.8 Å². The Morgan fingerprint density at radius 3 is 2.27 bits per heavy atom. The Kier molecular flexibility index (Phi) is 4.56. The Balaban J connectivity index is 1.83. The largest absolute Gasteiger partial charge is 0.497 e. The van der Waals surface area contributed by atoms with Gasteiger partial charge in [0.15, 0.2) is 0 Å². The second-order valence-corrected chi connectivity index (χ2v) is 7.82. The van der Waals surface area contributed by atoms with Crippen molar-refractivity contribution in [2.75, 3.05) is 7.11 Å². The van der Waals surface area contributed by atoms with E-state index in [2.05, 4.69) is 26.1 Å². The van der Waals surface area contributed by atoms with E-state index >= 15 is 0 Å². The van der Waals surface area contributed by atoms with Gasteiger partial charge < -0.3 is 9.84 Å². The maximum Gasteiger partial charge on any atom is 0.222 e. The van der Waals surface area contributed by atoms with Gasteiger partial charge in [0.2, 0.25) is 5.88 Å². The number of hydrogen-bond acceptors (Lipinski definition) is 3. The molecule has 30 heavy (non-hydrogen) atoms. The van der Waals surface area contributed by atoms with Crippen molar-refractivity contribution in [3.05, 3.63) is 83.3 Å². The average Bonchev–Trinajstić information content (AvgIpc) is 3.34. The number of methoxy groups -OCH3 is 1. The number of fused-ring (bicyclic) bond motifs is 1. The van der Waals surface area contributed by atoms with Crippen LogP contribution < -0.4 is 4.74 Å². The van der Waals surface area contributed by atoms with Gasteiger partial charge >= 0.3 is 0 Å². The minimum atomic E-state index is 0.124. The molecule has 2 N–H and O–H groups in total. The molecule has 3 aromatic carbocycles. The van der Waals surface area contributed by atoms with E-state index < -0.39 is 0 Å². The first kappa shape index (κ1) is 18.5. The van der Waals surface area contributed by atoms with Crippen LogP contribution in [0, 0.1) is 0 Å². The van der Waals surface area contributed by atoms with E-state index in [-0.39, 0.29) is 5.88 Å². The fourth-order valence-electron chi connectivity index (χ4n) is 3.73. The quantitative estimate of drug-likeness (QED) is 0.338. The van der Waals surface area contributed by atoms with Gasteiger partial charge in [0.1, 0.15) is 17.0 Å². The summed E-state index contributed by atoms with van der Waals surface area (Å²) in [6.07, 6.45) is 0. The van der Waals surface area contributed by atoms with Crippen molar-refractivity contribution in [2.24, 2.45) is 0 Å². The highest BCUT2D eigenvalue weighted by Crippen LogP contribution is 2.43. The van der Waals surface area contributed by atoms with Gasteiger partial charge in [0.05, 0.1) is 18.2 Å². The molecule has 2 aromatic heterocycles. The number of aromatic nitrogens is 3. The van der Waals surface area contributed by atoms with E-state index in [0.717, 1.165) is 43.8 Å². The minimum absolute atomic E-state index is 0.124. The first-order valence-corrected chi connectivity index (χ1v) is 10.2. The summed E-state index contributed by atoms with van der Waals surface area (Å²) < 4.78 is 8.12. The fourth-order valence-corrected chi connectivity index (χ4v) is 4.00. The number of halogens is 1. The van der Waals surface area contributed by atoms with Crippen molar-refractivity contribution in [2.45, 2.75) is 0 Å². The van der Waals surface area contributed by atoms with Gasteiger partial charge in [-0.3, -0.25) is 9.67 Å². The molecule has 0 aliphatic carbocycles. The van der Waals surface area contributed by atoms with Gasteiger partial charge in [-0.25, -0.2) is 0 Å². The number of rotatable bonds is 4. The molecule has 0 bridgehead atoms. The van der Waals surface area contributed by atoms with Crippen molar-refractivity contribution < 1.29 is 9.84 Å². The third kappa shape index (κ3) is 2.97. The lowest BCUT2D eigenvalue weighted by molar-refractivity contribution is 0.415. The van der Waals surface area contributed by atoms with Gasteiger partial charge in [0, 0.05) is 15.7 Å². The van der Waals surface area contributed by atoms with Crippen LogP contribution in [0.5, 0.6) is 11.6 Å². The topological polar surface area (TPSA) is 63.1 Å². The molecule has 0 spiro atoms. The predicted molar refractivity (Wildman–Crippen MR) is 122 cm³/mol. The number of ether oxygens (including phenoxy) is 1. The van der Waals surface area contributed by atoms with Crippen molar-refractivity contribution in [1.29, 1.82) is 0 Å². The molecule has 0 radical (unpaired) electrons. The molecule has 0 saturated carbocycles. The summed E-state index contributed by atoms with van der Waals surface area (Å²) in [6.45, 7) is 0. The predicted octanol–water partition coefficient (Wildman–Crippen LogP) is 6.16. The number of nitrogens with zero attached hydrogens (tertiary/aromatic N) is 2. The molecule has 6 heteroatoms. The number of nitrogens with one attached hydrogen (secondary N) is 1. The SMILES string of the molecule is COc1ccc(-c2n[nH]c3c(O)n(-c4ccc(Br)cc4)c(-c4ccccc4)c23)cc1. The third-order valence-electron chi connectivity index (χ3n) is 5.16. The van der Waals surface area contributed by atoms with Crippen LogP contribution >= 0.6 is 15.9 Å². The highest BCUT2D eigenvalue weighted by molar-refractivity contribution is 9.10. The van der Waals surface area contributed by atoms with E-state index in [0.29, 0.717) is 5.52 Å². The second-order valence-electron chi connectivity index (χ2n) is 6.90. The van der Waals surface area contributed by atoms with Crippen molar-refractivity contribution in [3.63, 3.8) is 0 Å². The Bertz CT molecular complexity index is 1320. The number of benzene rings is 3. The molecule has 0 fully saturated rings. The Labute approximate surface area is 181 Å². The minimum Gasteiger partial charge on any atom is -0.497 e. The Hall–Kier alpha value is -3.51. The molecule has 148 valence electrons. The standard InChI is InChI=1S/C24H18BrN3O2/c1-30-19-13-7-15(8-14-19)21-20-22(27-26-21)24(29)28(18-11-9-17(25)10-12-18)23(20)16-5-3-2-4-6-16/h2-14,27,29H,1H3. The van der Waals surface area contributed by atoms with Gasteiger partial charge in [-0.05, 0) is 54.1 Å². The molecule has 5 rings (SSSR count). The molecule has 0 atom stereocenters. The molecular weight excluding hydrogens is 442 g/mol. The zero-order valence-electron chi connectivity index (χ0n) is 16.1. The summed E-state index contributed by atoms with van der Waals surface area (Å²) in [5.74, 6) is 0.905. The van der Waals surface area contributed by atoms with Crippen LogP contribution in [0.25, 0.3) is 39.1 Å². The Morgan fingerprint density at radius 1 is 0.900 bits per heavy atom. The summed E-state index contributed by atoms with van der Waals surface area (Å²) in [7, 11) is 1.64. The van der Waals surface area contributed by atoms with Crippen LogP contribution in [-0.4, -0.2) is 27.0 Å². The molecule has 0 amide bonds. The van der Waals surface area contributed by atoms with Crippen LogP contribution in [0.15, 0.2) is 83.3 Å². The first-order valence-electron chi connectivity index (χ1n) is 9.45. The van der Waals surface area contributed by atoms with Gasteiger partial charge in [-0.1, -0.05) is 46.3 Å². The molecule has 0 saturated heterocycles. The van der Waals surface area contributed by atoms with Crippen molar-refractivity contribution in [3.8, 4) is 39.8 Å². The molecule has 0 aliphatic rings. The van der Waals surface area contributed by atoms with Gasteiger partial charge in [-0.2, -0.15) is 5.10 Å². The number of aromatic hydroxyl groups is 1. The van der Waals surface area contributed by atoms with Crippen LogP contribution in [0.1, 0.15) is 0 Å². The van der Waals surface area contributed by atoms with Crippen LogP contribution in [0.2, 0.25) is 0 Å². The molecule has 0 aliphatic heterocycles. The highest BCUT2D eigenvalue weighted by Gasteiger charge is 2.25. The molecule has 0 unspecified atom stereocenters. The maximum absolute atomic E-state index is 11.2. The van der Waals surface area contributed by atoms with E-state index in [1.807, 2.05) is 83.4 Å². The molecular formula is C24H18BrN3O2. The van der Waals surface area contributed by atoms with E-state index in [1.54, 1.807) is 7.11 Å². The number of aromatic amines is 1. The molecule has 5 nitrogen and oxygen atoms in total. The van der Waals surface area contributed by atoms with Crippen LogP contribution in [0.3, 0.4) is 0 Å². The molecule has 5 aromatic rings. The van der Waals surface area contributed by atoms with E-state index in [9.17, 15) is 5.11 Å². The lowest BCUT2D eigenvalue weighted by Crippen LogP contribution is -1.97. The molecule has 2 heterocycles.